The van der Waals surface area contributed by atoms with E-state index in [0.717, 1.165) is 64.2 Å². The van der Waals surface area contributed by atoms with E-state index in [2.05, 4.69) is 20.8 Å². The summed E-state index contributed by atoms with van der Waals surface area (Å²) in [5.41, 5.74) is -0.217. The van der Waals surface area contributed by atoms with Gasteiger partial charge in [0.1, 0.15) is 6.10 Å². The van der Waals surface area contributed by atoms with Gasteiger partial charge in [-0.3, -0.25) is 4.79 Å². The van der Waals surface area contributed by atoms with Crippen LogP contribution < -0.4 is 0 Å². The Labute approximate surface area is 228 Å². The molecule has 38 heavy (non-hydrogen) atoms. The lowest BCUT2D eigenvalue weighted by molar-refractivity contribution is -0.207. The number of hydrogen-bond donors (Lipinski definition) is 3. The van der Waals surface area contributed by atoms with Crippen molar-refractivity contribution in [2.75, 3.05) is 6.61 Å². The number of esters is 2. The maximum atomic E-state index is 12.4. The van der Waals surface area contributed by atoms with Crippen LogP contribution in [0.4, 0.5) is 0 Å². The van der Waals surface area contributed by atoms with Crippen molar-refractivity contribution in [3.8, 4) is 0 Å². The Morgan fingerprint density at radius 3 is 2.39 bits per heavy atom. The molecule has 0 spiro atoms. The van der Waals surface area contributed by atoms with Crippen molar-refractivity contribution in [2.45, 2.75) is 129 Å². The topological polar surface area (TPSA) is 113 Å². The third-order valence-electron chi connectivity index (χ3n) is 12.3. The maximum Gasteiger partial charge on any atom is 0.344 e. The van der Waals surface area contributed by atoms with Gasteiger partial charge >= 0.3 is 11.9 Å². The Morgan fingerprint density at radius 2 is 1.66 bits per heavy atom. The molecule has 0 amide bonds. The van der Waals surface area contributed by atoms with Gasteiger partial charge in [0.05, 0.1) is 18.3 Å². The maximum absolute atomic E-state index is 12.4. The van der Waals surface area contributed by atoms with Gasteiger partial charge < -0.3 is 24.8 Å². The van der Waals surface area contributed by atoms with Crippen molar-refractivity contribution >= 4 is 11.9 Å². The third-order valence-corrected chi connectivity index (χ3v) is 12.3. The monoisotopic (exact) mass is 534 g/mol. The number of hydrogen-bond acceptors (Lipinski definition) is 7. The summed E-state index contributed by atoms with van der Waals surface area (Å²) < 4.78 is 10.6. The molecule has 0 aromatic rings. The number of aliphatic hydroxyl groups is 3. The largest absolute Gasteiger partial charge is 0.460 e. The fraction of sp³-hybridized carbons (Fsp3) is 0.935. The predicted molar refractivity (Wildman–Crippen MR) is 142 cm³/mol. The van der Waals surface area contributed by atoms with E-state index in [-0.39, 0.29) is 77.7 Å². The fourth-order valence-electron chi connectivity index (χ4n) is 10.1. The van der Waals surface area contributed by atoms with Gasteiger partial charge in [0, 0.05) is 6.42 Å². The lowest BCUT2D eigenvalue weighted by Gasteiger charge is -2.63. The zero-order valence-electron chi connectivity index (χ0n) is 23.6. The molecule has 7 heteroatoms. The molecule has 216 valence electrons. The fourth-order valence-corrected chi connectivity index (χ4v) is 10.1. The van der Waals surface area contributed by atoms with Crippen molar-refractivity contribution in [2.24, 2.45) is 46.3 Å². The van der Waals surface area contributed by atoms with E-state index in [1.807, 2.05) is 0 Å². The number of aliphatic hydroxyl groups excluding tert-OH is 3. The normalized spacial score (nSPS) is 45.5. The molecule has 0 saturated heterocycles. The molecule has 3 N–H and O–H groups in total. The van der Waals surface area contributed by atoms with Crippen molar-refractivity contribution in [1.82, 2.24) is 0 Å². The van der Waals surface area contributed by atoms with Crippen LogP contribution in [0.1, 0.15) is 104 Å². The Hall–Kier alpha value is -1.18. The molecule has 5 rings (SSSR count). The van der Waals surface area contributed by atoms with Crippen LogP contribution in [0.5, 0.6) is 0 Å². The molecule has 7 nitrogen and oxygen atoms in total. The van der Waals surface area contributed by atoms with Gasteiger partial charge in [0.25, 0.3) is 0 Å². The molecule has 0 aromatic carbocycles. The molecule has 5 aliphatic carbocycles. The first-order valence-electron chi connectivity index (χ1n) is 15.4. The number of ether oxygens (including phenoxy) is 2. The molecule has 11 atom stereocenters. The molecule has 0 bridgehead atoms. The molecular formula is C31H50O7. The number of fused-ring (bicyclic) bond motifs is 5. The van der Waals surface area contributed by atoms with E-state index < -0.39 is 12.1 Å². The molecule has 5 saturated carbocycles. The van der Waals surface area contributed by atoms with Crippen LogP contribution >= 0.6 is 0 Å². The second kappa shape index (κ2) is 11.0. The SMILES string of the molecule is CC(CCC(=O)OCC(=O)OC1CCCC1)C1CCC2C3C(O)CC4CC(O)CCC4(C)C3CC(O)C12C. The van der Waals surface area contributed by atoms with Crippen LogP contribution in [-0.2, 0) is 19.1 Å². The van der Waals surface area contributed by atoms with Gasteiger partial charge in [0.15, 0.2) is 6.61 Å². The van der Waals surface area contributed by atoms with Crippen LogP contribution in [0.15, 0.2) is 0 Å². The summed E-state index contributed by atoms with van der Waals surface area (Å²) >= 11 is 0. The van der Waals surface area contributed by atoms with E-state index in [0.29, 0.717) is 18.8 Å². The lowest BCUT2D eigenvalue weighted by Crippen LogP contribution is -2.62. The number of rotatable bonds is 7. The van der Waals surface area contributed by atoms with Gasteiger partial charge in [-0.2, -0.15) is 0 Å². The average molecular weight is 535 g/mol. The van der Waals surface area contributed by atoms with Crippen LogP contribution in [0, 0.1) is 46.3 Å². The zero-order valence-corrected chi connectivity index (χ0v) is 23.6. The third kappa shape index (κ3) is 5.05. The van der Waals surface area contributed by atoms with E-state index in [4.69, 9.17) is 9.47 Å². The first-order valence-corrected chi connectivity index (χ1v) is 15.4. The van der Waals surface area contributed by atoms with Crippen molar-refractivity contribution in [3.63, 3.8) is 0 Å². The van der Waals surface area contributed by atoms with Crippen LogP contribution in [-0.4, -0.2) is 58.3 Å². The molecule has 0 heterocycles. The molecule has 0 aliphatic heterocycles. The summed E-state index contributed by atoms with van der Waals surface area (Å²) in [5, 5.41) is 33.4. The Bertz CT molecular complexity index is 870. The van der Waals surface area contributed by atoms with Crippen LogP contribution in [0.2, 0.25) is 0 Å². The second-order valence-corrected chi connectivity index (χ2v) is 14.1. The van der Waals surface area contributed by atoms with E-state index >= 15 is 0 Å². The van der Waals surface area contributed by atoms with Gasteiger partial charge in [0.2, 0.25) is 0 Å². The molecule has 0 radical (unpaired) electrons. The predicted octanol–water partition coefficient (Wildman–Crippen LogP) is 4.39. The molecular weight excluding hydrogens is 484 g/mol. The molecule has 5 aliphatic rings. The lowest BCUT2D eigenvalue weighted by atomic mass is 9.43. The zero-order chi connectivity index (χ0) is 27.2. The summed E-state index contributed by atoms with van der Waals surface area (Å²) in [6.07, 6.45) is 9.77. The van der Waals surface area contributed by atoms with Gasteiger partial charge in [-0.25, -0.2) is 4.79 Å². The van der Waals surface area contributed by atoms with E-state index in [1.54, 1.807) is 0 Å². The Kier molecular flexibility index (Phi) is 8.21. The Balaban J connectivity index is 1.18. The highest BCUT2D eigenvalue weighted by atomic mass is 16.6. The van der Waals surface area contributed by atoms with E-state index in [9.17, 15) is 24.9 Å². The van der Waals surface area contributed by atoms with Crippen LogP contribution in [0.3, 0.4) is 0 Å². The molecule has 11 unspecified atom stereocenters. The number of carbonyl (C=O) groups is 2. The summed E-state index contributed by atoms with van der Waals surface area (Å²) in [6.45, 7) is 6.45. The summed E-state index contributed by atoms with van der Waals surface area (Å²) in [5.74, 6) is 0.719. The van der Waals surface area contributed by atoms with Crippen molar-refractivity contribution in [1.29, 1.82) is 0 Å². The number of carbonyl (C=O) groups excluding carboxylic acids is 2. The van der Waals surface area contributed by atoms with E-state index in [1.165, 1.54) is 0 Å². The summed E-state index contributed by atoms with van der Waals surface area (Å²) in [4.78, 5) is 24.4. The smallest absolute Gasteiger partial charge is 0.344 e. The molecule has 5 fully saturated rings. The minimum absolute atomic E-state index is 0.0281. The summed E-state index contributed by atoms with van der Waals surface area (Å²) in [6, 6.07) is 0. The minimum Gasteiger partial charge on any atom is -0.460 e. The van der Waals surface area contributed by atoms with Gasteiger partial charge in [-0.1, -0.05) is 20.8 Å². The highest BCUT2D eigenvalue weighted by Gasteiger charge is 2.65. The minimum atomic E-state index is -0.459. The quantitative estimate of drug-likeness (QED) is 0.415. The first-order chi connectivity index (χ1) is 18.0. The molecule has 0 aromatic heterocycles. The average Bonchev–Trinajstić information content (AvgIpc) is 3.51. The van der Waals surface area contributed by atoms with Gasteiger partial charge in [-0.05, 0) is 123 Å². The summed E-state index contributed by atoms with van der Waals surface area (Å²) in [7, 11) is 0. The van der Waals surface area contributed by atoms with Crippen molar-refractivity contribution in [3.05, 3.63) is 0 Å². The highest BCUT2D eigenvalue weighted by Crippen LogP contribution is 2.68. The Morgan fingerprint density at radius 1 is 0.921 bits per heavy atom. The second-order valence-electron chi connectivity index (χ2n) is 14.1. The standard InChI is InChI=1S/C31H50O7/c1-18(8-11-27(35)37-17-28(36)38-21-6-4-5-7-21)22-9-10-23-29-24(16-26(34)31(22,23)3)30(2)13-12-20(32)14-19(30)15-25(29)33/h18-26,29,32-34H,4-17H2,1-3H3. The van der Waals surface area contributed by atoms with Gasteiger partial charge in [-0.15, -0.1) is 0 Å². The van der Waals surface area contributed by atoms with Crippen LogP contribution in [0.25, 0.3) is 0 Å². The van der Waals surface area contributed by atoms with Crippen molar-refractivity contribution < 1.29 is 34.4 Å². The first kappa shape index (κ1) is 28.4. The highest BCUT2D eigenvalue weighted by molar-refractivity contribution is 5.76.